The van der Waals surface area contributed by atoms with Gasteiger partial charge in [-0.1, -0.05) is 12.1 Å². The Bertz CT molecular complexity index is 1170. The molecule has 1 aromatic carbocycles. The topological polar surface area (TPSA) is 78.7 Å². The first-order valence-corrected chi connectivity index (χ1v) is 14.1. The molecule has 0 unspecified atom stereocenters. The van der Waals surface area contributed by atoms with Gasteiger partial charge < -0.3 is 9.32 Å². The molecule has 2 fully saturated rings. The number of aromatic nitrogens is 1. The molecule has 0 amide bonds. The van der Waals surface area contributed by atoms with E-state index < -0.39 is 10.0 Å². The number of sulfonamides is 1. The van der Waals surface area contributed by atoms with Crippen LogP contribution in [0.25, 0.3) is 10.1 Å². The van der Waals surface area contributed by atoms with Crippen molar-refractivity contribution in [2.24, 2.45) is 5.92 Å². The van der Waals surface area contributed by atoms with E-state index in [2.05, 4.69) is 38.8 Å². The number of rotatable bonds is 7. The maximum atomic E-state index is 12.5. The SMILES string of the molecule is Cc1ccc(S(=O)(=O)N[C@H]2CC[C@@H](CCN3CCN(c4nsc5ccccc45)CC3)CC2)o1. The Balaban J connectivity index is 1.04. The van der Waals surface area contributed by atoms with Crippen LogP contribution < -0.4 is 9.62 Å². The Morgan fingerprint density at radius 3 is 2.55 bits per heavy atom. The molecule has 3 aromatic rings. The second-order valence-corrected chi connectivity index (χ2v) is 11.8. The third-order valence-electron chi connectivity index (χ3n) is 7.03. The Hall–Kier alpha value is -1.94. The summed E-state index contributed by atoms with van der Waals surface area (Å²) in [5, 5.41) is 1.29. The summed E-state index contributed by atoms with van der Waals surface area (Å²) in [7, 11) is -3.56. The second-order valence-electron chi connectivity index (χ2n) is 9.32. The number of benzene rings is 1. The summed E-state index contributed by atoms with van der Waals surface area (Å²) in [6.07, 6.45) is 5.14. The number of hydrogen-bond acceptors (Lipinski definition) is 7. The minimum atomic E-state index is -3.56. The van der Waals surface area contributed by atoms with Crippen molar-refractivity contribution in [1.82, 2.24) is 14.0 Å². The van der Waals surface area contributed by atoms with Crippen molar-refractivity contribution >= 4 is 37.5 Å². The number of nitrogens with zero attached hydrogens (tertiary/aromatic N) is 3. The molecule has 9 heteroatoms. The molecule has 0 bridgehead atoms. The van der Waals surface area contributed by atoms with Gasteiger partial charge in [-0.15, -0.1) is 0 Å². The van der Waals surface area contributed by atoms with Crippen molar-refractivity contribution in [2.45, 2.75) is 50.2 Å². The Morgan fingerprint density at radius 2 is 1.82 bits per heavy atom. The highest BCUT2D eigenvalue weighted by Gasteiger charge is 2.28. The van der Waals surface area contributed by atoms with Gasteiger partial charge in [-0.3, -0.25) is 4.90 Å². The third-order valence-corrected chi connectivity index (χ3v) is 9.24. The van der Waals surface area contributed by atoms with E-state index in [0.717, 1.165) is 64.2 Å². The van der Waals surface area contributed by atoms with Gasteiger partial charge >= 0.3 is 0 Å². The second kappa shape index (κ2) is 9.74. The quantitative estimate of drug-likeness (QED) is 0.536. The van der Waals surface area contributed by atoms with Crippen molar-refractivity contribution in [1.29, 1.82) is 0 Å². The van der Waals surface area contributed by atoms with E-state index in [9.17, 15) is 8.42 Å². The van der Waals surface area contributed by atoms with E-state index in [4.69, 9.17) is 8.79 Å². The van der Waals surface area contributed by atoms with Gasteiger partial charge in [0.2, 0.25) is 5.09 Å². The van der Waals surface area contributed by atoms with Gasteiger partial charge in [-0.05, 0) is 87.3 Å². The molecule has 2 aromatic heterocycles. The fraction of sp³-hybridized carbons (Fsp3) is 0.542. The number of piperazine rings is 1. The molecular weight excluding hydrogens is 456 g/mol. The molecule has 33 heavy (non-hydrogen) atoms. The number of nitrogens with one attached hydrogen (secondary N) is 1. The van der Waals surface area contributed by atoms with E-state index in [1.54, 1.807) is 24.5 Å². The molecule has 1 saturated heterocycles. The van der Waals surface area contributed by atoms with Crippen molar-refractivity contribution in [3.05, 3.63) is 42.2 Å². The lowest BCUT2D eigenvalue weighted by atomic mass is 9.84. The number of anilines is 1. The average Bonchev–Trinajstić information content (AvgIpc) is 3.46. The predicted octanol–water partition coefficient (Wildman–Crippen LogP) is 4.25. The average molecular weight is 489 g/mol. The monoisotopic (exact) mass is 488 g/mol. The van der Waals surface area contributed by atoms with Crippen LogP contribution in [0.4, 0.5) is 5.82 Å². The molecule has 7 nitrogen and oxygen atoms in total. The van der Waals surface area contributed by atoms with Gasteiger partial charge in [0, 0.05) is 37.6 Å². The molecule has 1 N–H and O–H groups in total. The summed E-state index contributed by atoms with van der Waals surface area (Å²) in [5.41, 5.74) is 0. The Labute approximate surface area is 200 Å². The third kappa shape index (κ3) is 5.26. The van der Waals surface area contributed by atoms with Gasteiger partial charge in [-0.25, -0.2) is 13.1 Å². The van der Waals surface area contributed by atoms with Crippen LogP contribution in [-0.4, -0.2) is 56.5 Å². The predicted molar refractivity (Wildman–Crippen MR) is 132 cm³/mol. The van der Waals surface area contributed by atoms with Crippen molar-refractivity contribution in [2.75, 3.05) is 37.6 Å². The van der Waals surface area contributed by atoms with Crippen LogP contribution in [0.3, 0.4) is 0 Å². The summed E-state index contributed by atoms with van der Waals surface area (Å²) >= 11 is 1.59. The molecule has 3 heterocycles. The van der Waals surface area contributed by atoms with E-state index in [1.165, 1.54) is 22.6 Å². The highest BCUT2D eigenvalue weighted by Crippen LogP contribution is 2.31. The van der Waals surface area contributed by atoms with Crippen LogP contribution in [0.2, 0.25) is 0 Å². The molecule has 0 spiro atoms. The summed E-state index contributed by atoms with van der Waals surface area (Å²) in [4.78, 5) is 4.99. The molecule has 0 radical (unpaired) electrons. The fourth-order valence-corrected chi connectivity index (χ4v) is 7.13. The van der Waals surface area contributed by atoms with Gasteiger partial charge in [0.25, 0.3) is 10.0 Å². The molecular formula is C24H32N4O3S2. The van der Waals surface area contributed by atoms with Gasteiger partial charge in [0.05, 0.1) is 4.70 Å². The van der Waals surface area contributed by atoms with Gasteiger partial charge in [0.15, 0.2) is 0 Å². The lowest BCUT2D eigenvalue weighted by Gasteiger charge is -2.36. The van der Waals surface area contributed by atoms with E-state index in [1.807, 2.05) is 0 Å². The fourth-order valence-electron chi connectivity index (χ4n) is 5.05. The summed E-state index contributed by atoms with van der Waals surface area (Å²) in [6.45, 7) is 7.07. The lowest BCUT2D eigenvalue weighted by molar-refractivity contribution is 0.214. The number of aryl methyl sites for hydroxylation is 1. The largest absolute Gasteiger partial charge is 0.449 e. The summed E-state index contributed by atoms with van der Waals surface area (Å²) in [5.74, 6) is 2.43. The van der Waals surface area contributed by atoms with Crippen LogP contribution in [0.5, 0.6) is 0 Å². The highest BCUT2D eigenvalue weighted by atomic mass is 32.2. The van der Waals surface area contributed by atoms with E-state index >= 15 is 0 Å². The molecule has 5 rings (SSSR count). The smallest absolute Gasteiger partial charge is 0.274 e. The first-order valence-electron chi connectivity index (χ1n) is 11.9. The minimum Gasteiger partial charge on any atom is -0.449 e. The van der Waals surface area contributed by atoms with Gasteiger partial charge in [-0.2, -0.15) is 4.37 Å². The maximum Gasteiger partial charge on any atom is 0.274 e. The number of hydrogen-bond donors (Lipinski definition) is 1. The summed E-state index contributed by atoms with van der Waals surface area (Å²) < 4.78 is 39.1. The number of furan rings is 1. The van der Waals surface area contributed by atoms with Crippen molar-refractivity contribution in [3.8, 4) is 0 Å². The van der Waals surface area contributed by atoms with Crippen LogP contribution in [0.15, 0.2) is 45.9 Å². The van der Waals surface area contributed by atoms with Crippen molar-refractivity contribution in [3.63, 3.8) is 0 Å². The summed E-state index contributed by atoms with van der Waals surface area (Å²) in [6, 6.07) is 11.7. The standard InChI is InChI=1S/C24H32N4O3S2/c1-18-6-11-23(31-18)33(29,30)26-20-9-7-19(8-10-20)12-13-27-14-16-28(17-15-27)24-21-4-2-3-5-22(21)32-25-24/h2-6,11,19-20,26H,7-10,12-17H2,1H3/t19-,20+. The zero-order chi connectivity index (χ0) is 22.8. The van der Waals surface area contributed by atoms with Crippen LogP contribution in [0.1, 0.15) is 37.9 Å². The van der Waals surface area contributed by atoms with Crippen LogP contribution >= 0.6 is 11.5 Å². The molecule has 2 aliphatic rings. The minimum absolute atomic E-state index is 0.00753. The Kier molecular flexibility index (Phi) is 6.74. The normalized spacial score (nSPS) is 22.8. The maximum absolute atomic E-state index is 12.5. The Morgan fingerprint density at radius 1 is 1.06 bits per heavy atom. The zero-order valence-corrected chi connectivity index (χ0v) is 20.7. The van der Waals surface area contributed by atoms with Gasteiger partial charge in [0.1, 0.15) is 11.6 Å². The van der Waals surface area contributed by atoms with E-state index in [-0.39, 0.29) is 11.1 Å². The van der Waals surface area contributed by atoms with Crippen LogP contribution in [0, 0.1) is 12.8 Å². The molecule has 0 atom stereocenters. The zero-order valence-electron chi connectivity index (χ0n) is 19.1. The molecule has 1 aliphatic heterocycles. The number of fused-ring (bicyclic) bond motifs is 1. The lowest BCUT2D eigenvalue weighted by Crippen LogP contribution is -2.47. The first-order chi connectivity index (χ1) is 16.0. The molecule has 1 aliphatic carbocycles. The molecule has 1 saturated carbocycles. The van der Waals surface area contributed by atoms with E-state index in [0.29, 0.717) is 11.7 Å². The first kappa shape index (κ1) is 22.8. The highest BCUT2D eigenvalue weighted by molar-refractivity contribution is 7.89. The van der Waals surface area contributed by atoms with Crippen LogP contribution in [-0.2, 0) is 10.0 Å². The molecule has 178 valence electrons. The van der Waals surface area contributed by atoms with Crippen molar-refractivity contribution < 1.29 is 12.8 Å².